The lowest BCUT2D eigenvalue weighted by Gasteiger charge is -2.07. The van der Waals surface area contributed by atoms with Crippen molar-refractivity contribution < 1.29 is 9.59 Å². The topological polar surface area (TPSA) is 84.0 Å². The lowest BCUT2D eigenvalue weighted by molar-refractivity contribution is -0.119. The van der Waals surface area contributed by atoms with Gasteiger partial charge < -0.3 is 10.6 Å². The van der Waals surface area contributed by atoms with Crippen molar-refractivity contribution in [3.8, 4) is 0 Å². The summed E-state index contributed by atoms with van der Waals surface area (Å²) in [4.78, 5) is 30.8. The summed E-state index contributed by atoms with van der Waals surface area (Å²) in [5.41, 5.74) is 1.12. The van der Waals surface area contributed by atoms with E-state index in [4.69, 9.17) is 0 Å². The van der Waals surface area contributed by atoms with Gasteiger partial charge in [-0.25, -0.2) is 9.97 Å². The molecule has 0 atom stereocenters. The van der Waals surface area contributed by atoms with E-state index in [1.54, 1.807) is 6.92 Å². The number of hydrogen-bond donors (Lipinski definition) is 2. The van der Waals surface area contributed by atoms with E-state index in [1.807, 2.05) is 0 Å². The van der Waals surface area contributed by atoms with Crippen molar-refractivity contribution in [2.24, 2.45) is 0 Å². The molecule has 0 unspecified atom stereocenters. The van der Waals surface area contributed by atoms with E-state index >= 15 is 0 Å². The minimum absolute atomic E-state index is 0.0607. The molecule has 0 spiro atoms. The van der Waals surface area contributed by atoms with Gasteiger partial charge in [0.2, 0.25) is 11.9 Å². The molecule has 2 rings (SSSR count). The molecule has 0 saturated heterocycles. The number of Topliss-reactive ketones (excluding diaryl/α,β-unsaturated/α-hetero) is 1. The van der Waals surface area contributed by atoms with Gasteiger partial charge in [0.25, 0.3) is 0 Å². The molecular weight excluding hydrogens is 232 g/mol. The summed E-state index contributed by atoms with van der Waals surface area (Å²) in [5, 5.41) is 5.70. The Balaban J connectivity index is 1.90. The zero-order valence-corrected chi connectivity index (χ0v) is 10.5. The van der Waals surface area contributed by atoms with Gasteiger partial charge in [-0.2, -0.15) is 0 Å². The van der Waals surface area contributed by atoms with E-state index in [2.05, 4.69) is 20.6 Å². The molecule has 1 fully saturated rings. The average molecular weight is 248 g/mol. The number of rotatable bonds is 5. The van der Waals surface area contributed by atoms with E-state index in [-0.39, 0.29) is 18.2 Å². The first-order chi connectivity index (χ1) is 8.56. The van der Waals surface area contributed by atoms with Gasteiger partial charge >= 0.3 is 0 Å². The molecule has 6 nitrogen and oxygen atoms in total. The zero-order chi connectivity index (χ0) is 13.1. The molecule has 96 valence electrons. The molecule has 6 heteroatoms. The number of amides is 1. The second-order valence-electron chi connectivity index (χ2n) is 4.44. The van der Waals surface area contributed by atoms with Crippen LogP contribution in [0.25, 0.3) is 0 Å². The summed E-state index contributed by atoms with van der Waals surface area (Å²) < 4.78 is 0. The Bertz CT molecular complexity index is 483. The summed E-state index contributed by atoms with van der Waals surface area (Å²) in [6.07, 6.45) is 3.61. The molecule has 1 aromatic heterocycles. The first kappa shape index (κ1) is 12.5. The van der Waals surface area contributed by atoms with Crippen LogP contribution in [-0.2, 0) is 4.79 Å². The lowest BCUT2D eigenvalue weighted by Crippen LogP contribution is -2.31. The molecule has 18 heavy (non-hydrogen) atoms. The Hall–Kier alpha value is -1.98. The van der Waals surface area contributed by atoms with Gasteiger partial charge in [-0.15, -0.1) is 0 Å². The van der Waals surface area contributed by atoms with Gasteiger partial charge in [-0.3, -0.25) is 9.59 Å². The molecule has 1 aliphatic rings. The minimum atomic E-state index is -0.0643. The maximum atomic E-state index is 11.4. The normalized spacial score (nSPS) is 14.1. The fourth-order valence-electron chi connectivity index (χ4n) is 1.56. The van der Waals surface area contributed by atoms with E-state index in [1.165, 1.54) is 13.1 Å². The van der Waals surface area contributed by atoms with Crippen LogP contribution in [0.4, 0.5) is 5.95 Å². The molecule has 1 saturated carbocycles. The van der Waals surface area contributed by atoms with Crippen LogP contribution in [0.1, 0.15) is 35.8 Å². The van der Waals surface area contributed by atoms with Crippen LogP contribution < -0.4 is 10.6 Å². The van der Waals surface area contributed by atoms with Crippen molar-refractivity contribution in [1.82, 2.24) is 15.3 Å². The first-order valence-corrected chi connectivity index (χ1v) is 5.94. The highest BCUT2D eigenvalue weighted by molar-refractivity contribution is 5.94. The van der Waals surface area contributed by atoms with Gasteiger partial charge in [-0.05, 0) is 26.7 Å². The second-order valence-corrected chi connectivity index (χ2v) is 4.44. The SMILES string of the molecule is CC(=O)c1cnc(NCC(=O)NC2CC2)nc1C. The van der Waals surface area contributed by atoms with Gasteiger partial charge in [0.05, 0.1) is 17.8 Å². The molecule has 0 radical (unpaired) electrons. The Kier molecular flexibility index (Phi) is 3.55. The number of aromatic nitrogens is 2. The largest absolute Gasteiger partial charge is 0.352 e. The van der Waals surface area contributed by atoms with Gasteiger partial charge in [-0.1, -0.05) is 0 Å². The van der Waals surface area contributed by atoms with Gasteiger partial charge in [0, 0.05) is 12.2 Å². The fraction of sp³-hybridized carbons (Fsp3) is 0.500. The molecule has 1 aliphatic carbocycles. The van der Waals surface area contributed by atoms with Crippen molar-refractivity contribution in [3.63, 3.8) is 0 Å². The van der Waals surface area contributed by atoms with Crippen LogP contribution in [0.3, 0.4) is 0 Å². The van der Waals surface area contributed by atoms with E-state index in [0.29, 0.717) is 23.2 Å². The maximum absolute atomic E-state index is 11.4. The third-order valence-electron chi connectivity index (χ3n) is 2.71. The number of nitrogens with one attached hydrogen (secondary N) is 2. The number of anilines is 1. The van der Waals surface area contributed by atoms with Gasteiger partial charge in [0.1, 0.15) is 0 Å². The number of carbonyl (C=O) groups excluding carboxylic acids is 2. The first-order valence-electron chi connectivity index (χ1n) is 5.94. The quantitative estimate of drug-likeness (QED) is 0.748. The Morgan fingerprint density at radius 1 is 1.44 bits per heavy atom. The standard InChI is InChI=1S/C12H16N4O2/c1-7-10(8(2)17)5-13-12(15-7)14-6-11(18)16-9-3-4-9/h5,9H,3-4,6H2,1-2H3,(H,16,18)(H,13,14,15). The minimum Gasteiger partial charge on any atom is -0.352 e. The smallest absolute Gasteiger partial charge is 0.239 e. The molecule has 0 aliphatic heterocycles. The van der Waals surface area contributed by atoms with Crippen molar-refractivity contribution >= 4 is 17.6 Å². The van der Waals surface area contributed by atoms with Crippen LogP contribution >= 0.6 is 0 Å². The third-order valence-corrected chi connectivity index (χ3v) is 2.71. The predicted octanol–water partition coefficient (Wildman–Crippen LogP) is 0.678. The third kappa shape index (κ3) is 3.26. The van der Waals surface area contributed by atoms with Crippen LogP contribution in [0, 0.1) is 6.92 Å². The highest BCUT2D eigenvalue weighted by atomic mass is 16.2. The number of aryl methyl sites for hydroxylation is 1. The summed E-state index contributed by atoms with van der Waals surface area (Å²) >= 11 is 0. The average Bonchev–Trinajstić information content (AvgIpc) is 3.10. The fourth-order valence-corrected chi connectivity index (χ4v) is 1.56. The summed E-state index contributed by atoms with van der Waals surface area (Å²) in [7, 11) is 0. The maximum Gasteiger partial charge on any atom is 0.239 e. The molecular formula is C12H16N4O2. The van der Waals surface area contributed by atoms with Crippen LogP contribution in [0.5, 0.6) is 0 Å². The lowest BCUT2D eigenvalue weighted by atomic mass is 10.2. The van der Waals surface area contributed by atoms with Crippen molar-refractivity contribution in [2.45, 2.75) is 32.7 Å². The number of nitrogens with zero attached hydrogens (tertiary/aromatic N) is 2. The summed E-state index contributed by atoms with van der Waals surface area (Å²) in [6, 6.07) is 0.349. The predicted molar refractivity (Wildman–Crippen MR) is 66.4 cm³/mol. The van der Waals surface area contributed by atoms with Gasteiger partial charge in [0.15, 0.2) is 5.78 Å². The summed E-state index contributed by atoms with van der Waals surface area (Å²) in [6.45, 7) is 3.37. The molecule has 0 bridgehead atoms. The molecule has 1 aromatic rings. The van der Waals surface area contributed by atoms with Crippen molar-refractivity contribution in [1.29, 1.82) is 0 Å². The van der Waals surface area contributed by atoms with Crippen molar-refractivity contribution in [3.05, 3.63) is 17.5 Å². The molecule has 1 heterocycles. The monoisotopic (exact) mass is 248 g/mol. The number of ketones is 1. The molecule has 0 aromatic carbocycles. The van der Waals surface area contributed by atoms with Crippen LogP contribution in [-0.4, -0.2) is 34.2 Å². The Labute approximate surface area is 105 Å². The molecule has 2 N–H and O–H groups in total. The van der Waals surface area contributed by atoms with E-state index < -0.39 is 0 Å². The van der Waals surface area contributed by atoms with E-state index in [9.17, 15) is 9.59 Å². The highest BCUT2D eigenvalue weighted by Gasteiger charge is 2.22. The van der Waals surface area contributed by atoms with Crippen LogP contribution in [0.2, 0.25) is 0 Å². The summed E-state index contributed by atoms with van der Waals surface area (Å²) in [5.74, 6) is 0.239. The Morgan fingerprint density at radius 3 is 2.72 bits per heavy atom. The number of hydrogen-bond acceptors (Lipinski definition) is 5. The van der Waals surface area contributed by atoms with E-state index in [0.717, 1.165) is 12.8 Å². The highest BCUT2D eigenvalue weighted by Crippen LogP contribution is 2.18. The van der Waals surface area contributed by atoms with Crippen molar-refractivity contribution in [2.75, 3.05) is 11.9 Å². The second kappa shape index (κ2) is 5.12. The number of carbonyl (C=O) groups is 2. The van der Waals surface area contributed by atoms with Crippen LogP contribution in [0.15, 0.2) is 6.20 Å². The zero-order valence-electron chi connectivity index (χ0n) is 10.5. The molecule has 1 amide bonds. The Morgan fingerprint density at radius 2 is 2.17 bits per heavy atom.